The van der Waals surface area contributed by atoms with Crippen LogP contribution in [0.3, 0.4) is 0 Å². The number of carbonyl (C=O) groups is 2. The van der Waals surface area contributed by atoms with Gasteiger partial charge in [-0.25, -0.2) is 4.39 Å². The largest absolute Gasteiger partial charge is 0.355 e. The molecule has 0 aliphatic carbocycles. The minimum absolute atomic E-state index is 0.146. The third-order valence-electron chi connectivity index (χ3n) is 4.32. The first kappa shape index (κ1) is 20.9. The van der Waals surface area contributed by atoms with Crippen LogP contribution in [0.5, 0.6) is 0 Å². The van der Waals surface area contributed by atoms with Crippen molar-refractivity contribution in [1.82, 2.24) is 10.2 Å². The summed E-state index contributed by atoms with van der Waals surface area (Å²) in [6.45, 7) is 4.41. The number of nitrogens with one attached hydrogen (secondary N) is 1. The normalized spacial score (nSPS) is 11.7. The summed E-state index contributed by atoms with van der Waals surface area (Å²) in [5, 5.41) is 2.97. The van der Waals surface area contributed by atoms with Crippen molar-refractivity contribution in [3.63, 3.8) is 0 Å². The molecule has 0 aromatic heterocycles. The number of rotatable bonds is 8. The Bertz CT molecular complexity index is 763. The standard InChI is InChI=1S/C21H24ClFN2O2/c1-3-19(21(27)24-4-2)25(14-15-9-6-5-7-10-15)20(26)13-16-17(22)11-8-12-18(16)23/h5-12,19H,3-4,13-14H2,1-2H3,(H,24,27). The van der Waals surface area contributed by atoms with Crippen LogP contribution in [0.25, 0.3) is 0 Å². The maximum absolute atomic E-state index is 14.1. The van der Waals surface area contributed by atoms with Crippen LogP contribution in [0.2, 0.25) is 5.02 Å². The Morgan fingerprint density at radius 3 is 2.41 bits per heavy atom. The van der Waals surface area contributed by atoms with E-state index in [0.29, 0.717) is 13.0 Å². The van der Waals surface area contributed by atoms with Crippen molar-refractivity contribution < 1.29 is 14.0 Å². The lowest BCUT2D eigenvalue weighted by Crippen LogP contribution is -2.49. The van der Waals surface area contributed by atoms with Crippen LogP contribution in [0, 0.1) is 5.82 Å². The Kier molecular flexibility index (Phi) is 7.80. The van der Waals surface area contributed by atoms with Crippen molar-refractivity contribution in [3.05, 3.63) is 70.5 Å². The SMILES string of the molecule is CCNC(=O)C(CC)N(Cc1ccccc1)C(=O)Cc1c(F)cccc1Cl. The van der Waals surface area contributed by atoms with Gasteiger partial charge in [0, 0.05) is 23.7 Å². The summed E-state index contributed by atoms with van der Waals surface area (Å²) >= 11 is 6.07. The quantitative estimate of drug-likeness (QED) is 0.741. The second kappa shape index (κ2) is 10.1. The van der Waals surface area contributed by atoms with E-state index in [0.717, 1.165) is 5.56 Å². The average molecular weight is 391 g/mol. The van der Waals surface area contributed by atoms with E-state index in [1.54, 1.807) is 6.07 Å². The summed E-state index contributed by atoms with van der Waals surface area (Å²) in [7, 11) is 0. The highest BCUT2D eigenvalue weighted by molar-refractivity contribution is 6.31. The van der Waals surface area contributed by atoms with E-state index in [4.69, 9.17) is 11.6 Å². The predicted molar refractivity (Wildman–Crippen MR) is 105 cm³/mol. The van der Waals surface area contributed by atoms with Crippen LogP contribution in [0.4, 0.5) is 4.39 Å². The molecule has 2 aromatic carbocycles. The molecule has 2 rings (SSSR count). The number of nitrogens with zero attached hydrogens (tertiary/aromatic N) is 1. The Morgan fingerprint density at radius 2 is 1.81 bits per heavy atom. The van der Waals surface area contributed by atoms with Crippen LogP contribution in [-0.4, -0.2) is 29.3 Å². The van der Waals surface area contributed by atoms with Gasteiger partial charge in [-0.05, 0) is 31.0 Å². The topological polar surface area (TPSA) is 49.4 Å². The monoisotopic (exact) mass is 390 g/mol. The molecule has 0 fully saturated rings. The van der Waals surface area contributed by atoms with Crippen LogP contribution >= 0.6 is 11.6 Å². The van der Waals surface area contributed by atoms with E-state index >= 15 is 0 Å². The second-order valence-corrected chi connectivity index (χ2v) is 6.61. The molecule has 0 spiro atoms. The van der Waals surface area contributed by atoms with E-state index in [-0.39, 0.29) is 35.4 Å². The molecule has 0 saturated carbocycles. The fourth-order valence-corrected chi connectivity index (χ4v) is 3.18. The van der Waals surface area contributed by atoms with Gasteiger partial charge in [-0.15, -0.1) is 0 Å². The molecule has 0 aliphatic heterocycles. The molecule has 144 valence electrons. The molecule has 0 bridgehead atoms. The summed E-state index contributed by atoms with van der Waals surface area (Å²) in [4.78, 5) is 27.0. The molecule has 27 heavy (non-hydrogen) atoms. The molecule has 2 amide bonds. The van der Waals surface area contributed by atoms with Gasteiger partial charge in [0.05, 0.1) is 6.42 Å². The van der Waals surface area contributed by atoms with Crippen LogP contribution in [0.15, 0.2) is 48.5 Å². The molecule has 0 saturated heterocycles. The van der Waals surface area contributed by atoms with Gasteiger partial charge in [0.15, 0.2) is 0 Å². The number of halogens is 2. The lowest BCUT2D eigenvalue weighted by atomic mass is 10.1. The molecule has 0 heterocycles. The zero-order valence-corrected chi connectivity index (χ0v) is 16.3. The van der Waals surface area contributed by atoms with Crippen molar-refractivity contribution in [2.45, 2.75) is 39.3 Å². The fraction of sp³-hybridized carbons (Fsp3) is 0.333. The molecule has 2 aromatic rings. The highest BCUT2D eigenvalue weighted by Crippen LogP contribution is 2.22. The fourth-order valence-electron chi connectivity index (χ4n) is 2.95. The van der Waals surface area contributed by atoms with Crippen LogP contribution < -0.4 is 5.32 Å². The number of likely N-dealkylation sites (N-methyl/N-ethyl adjacent to an activating group) is 1. The average Bonchev–Trinajstić information content (AvgIpc) is 2.65. The summed E-state index contributed by atoms with van der Waals surface area (Å²) < 4.78 is 14.1. The number of carbonyl (C=O) groups excluding carboxylic acids is 2. The summed E-state index contributed by atoms with van der Waals surface area (Å²) in [5.74, 6) is -1.09. The first-order chi connectivity index (χ1) is 13.0. The molecule has 1 N–H and O–H groups in total. The number of hydrogen-bond donors (Lipinski definition) is 1. The third kappa shape index (κ3) is 5.54. The van der Waals surface area contributed by atoms with Gasteiger partial charge in [0.2, 0.25) is 11.8 Å². The molecular weight excluding hydrogens is 367 g/mol. The van der Waals surface area contributed by atoms with E-state index in [1.165, 1.54) is 17.0 Å². The molecule has 6 heteroatoms. The minimum Gasteiger partial charge on any atom is -0.355 e. The number of hydrogen-bond acceptors (Lipinski definition) is 2. The molecule has 0 radical (unpaired) electrons. The smallest absolute Gasteiger partial charge is 0.242 e. The van der Waals surface area contributed by atoms with E-state index in [2.05, 4.69) is 5.32 Å². The number of benzene rings is 2. The van der Waals surface area contributed by atoms with Gasteiger partial charge in [0.1, 0.15) is 11.9 Å². The predicted octanol–water partition coefficient (Wildman–Crippen LogP) is 3.97. The van der Waals surface area contributed by atoms with Gasteiger partial charge < -0.3 is 10.2 Å². The van der Waals surface area contributed by atoms with Crippen molar-refractivity contribution in [2.24, 2.45) is 0 Å². The molecule has 4 nitrogen and oxygen atoms in total. The Labute approximate surface area is 164 Å². The van der Waals surface area contributed by atoms with Crippen LogP contribution in [-0.2, 0) is 22.6 Å². The first-order valence-corrected chi connectivity index (χ1v) is 9.39. The van der Waals surface area contributed by atoms with E-state index in [9.17, 15) is 14.0 Å². The molecule has 0 aliphatic rings. The van der Waals surface area contributed by atoms with Gasteiger partial charge in [0.25, 0.3) is 0 Å². The Hall–Kier alpha value is -2.40. The second-order valence-electron chi connectivity index (χ2n) is 6.20. The minimum atomic E-state index is -0.636. The third-order valence-corrected chi connectivity index (χ3v) is 4.68. The summed E-state index contributed by atoms with van der Waals surface area (Å²) in [6.07, 6.45) is 0.254. The lowest BCUT2D eigenvalue weighted by Gasteiger charge is -2.30. The van der Waals surface area contributed by atoms with Gasteiger partial charge in [-0.2, -0.15) is 0 Å². The van der Waals surface area contributed by atoms with Gasteiger partial charge >= 0.3 is 0 Å². The van der Waals surface area contributed by atoms with Crippen molar-refractivity contribution >= 4 is 23.4 Å². The highest BCUT2D eigenvalue weighted by atomic mass is 35.5. The Balaban J connectivity index is 2.32. The van der Waals surface area contributed by atoms with E-state index < -0.39 is 11.9 Å². The Morgan fingerprint density at radius 1 is 1.11 bits per heavy atom. The molecule has 1 atom stereocenters. The molecular formula is C21H24ClFN2O2. The number of amides is 2. The van der Waals surface area contributed by atoms with Crippen molar-refractivity contribution in [2.75, 3.05) is 6.54 Å². The zero-order valence-electron chi connectivity index (χ0n) is 15.5. The van der Waals surface area contributed by atoms with Crippen LogP contribution in [0.1, 0.15) is 31.4 Å². The lowest BCUT2D eigenvalue weighted by molar-refractivity contribution is -0.140. The zero-order chi connectivity index (χ0) is 19.8. The summed E-state index contributed by atoms with van der Waals surface area (Å²) in [6, 6.07) is 13.1. The van der Waals surface area contributed by atoms with Gasteiger partial charge in [-0.3, -0.25) is 9.59 Å². The molecule has 1 unspecified atom stereocenters. The van der Waals surface area contributed by atoms with Crippen molar-refractivity contribution in [3.8, 4) is 0 Å². The first-order valence-electron chi connectivity index (χ1n) is 9.01. The van der Waals surface area contributed by atoms with Crippen molar-refractivity contribution in [1.29, 1.82) is 0 Å². The van der Waals surface area contributed by atoms with E-state index in [1.807, 2.05) is 44.2 Å². The summed E-state index contributed by atoms with van der Waals surface area (Å²) in [5.41, 5.74) is 1.04. The maximum Gasteiger partial charge on any atom is 0.242 e. The highest BCUT2D eigenvalue weighted by Gasteiger charge is 2.29. The van der Waals surface area contributed by atoms with Gasteiger partial charge in [-0.1, -0.05) is 54.9 Å². The maximum atomic E-state index is 14.1.